The van der Waals surface area contributed by atoms with Crippen molar-refractivity contribution in [1.29, 1.82) is 0 Å². The van der Waals surface area contributed by atoms with E-state index in [0.29, 0.717) is 0 Å². The maximum atomic E-state index is 4.30. The maximum Gasteiger partial charge on any atom is 0.126 e. The van der Waals surface area contributed by atoms with Crippen molar-refractivity contribution in [3.63, 3.8) is 0 Å². The molecule has 19 heavy (non-hydrogen) atoms. The maximum absolute atomic E-state index is 4.30. The molecule has 1 aromatic heterocycles. The van der Waals surface area contributed by atoms with Gasteiger partial charge in [-0.15, -0.1) is 0 Å². The Labute approximate surface area is 120 Å². The van der Waals surface area contributed by atoms with Crippen LogP contribution >= 0.6 is 15.9 Å². The van der Waals surface area contributed by atoms with Gasteiger partial charge >= 0.3 is 0 Å². The monoisotopic (exact) mass is 312 g/mol. The zero-order valence-corrected chi connectivity index (χ0v) is 11.9. The number of benzene rings is 2. The van der Waals surface area contributed by atoms with E-state index in [-0.39, 0.29) is 0 Å². The van der Waals surface area contributed by atoms with Gasteiger partial charge in [0, 0.05) is 17.2 Å². The molecular formula is C16H13BrN2. The van der Waals surface area contributed by atoms with Gasteiger partial charge in [0.05, 0.1) is 0 Å². The summed E-state index contributed by atoms with van der Waals surface area (Å²) in [5, 5.41) is 5.86. The third-order valence-electron chi connectivity index (χ3n) is 3.01. The minimum Gasteiger partial charge on any atom is -0.366 e. The number of hydrogen-bond donors (Lipinski definition) is 1. The minimum atomic E-state index is 0.777. The SMILES string of the molecule is Brc1ccc(NCc2ccc3ccccc3c2)nc1. The predicted molar refractivity (Wildman–Crippen MR) is 83.2 cm³/mol. The number of anilines is 1. The highest BCUT2D eigenvalue weighted by molar-refractivity contribution is 9.10. The molecule has 0 atom stereocenters. The highest BCUT2D eigenvalue weighted by atomic mass is 79.9. The molecule has 0 bridgehead atoms. The highest BCUT2D eigenvalue weighted by Gasteiger charge is 1.97. The molecule has 3 aromatic rings. The zero-order chi connectivity index (χ0) is 13.1. The van der Waals surface area contributed by atoms with E-state index in [1.165, 1.54) is 16.3 Å². The molecule has 0 aliphatic carbocycles. The van der Waals surface area contributed by atoms with E-state index < -0.39 is 0 Å². The van der Waals surface area contributed by atoms with Gasteiger partial charge in [-0.2, -0.15) is 0 Å². The quantitative estimate of drug-likeness (QED) is 0.764. The molecule has 2 aromatic carbocycles. The largest absolute Gasteiger partial charge is 0.366 e. The number of halogens is 1. The summed E-state index contributed by atoms with van der Waals surface area (Å²) in [5.74, 6) is 0.886. The summed E-state index contributed by atoms with van der Waals surface area (Å²) in [6.45, 7) is 0.777. The van der Waals surface area contributed by atoms with Crippen LogP contribution in [-0.4, -0.2) is 4.98 Å². The first-order valence-electron chi connectivity index (χ1n) is 6.14. The first kappa shape index (κ1) is 12.2. The van der Waals surface area contributed by atoms with Gasteiger partial charge in [-0.05, 0) is 50.5 Å². The Morgan fingerprint density at radius 1 is 0.947 bits per heavy atom. The van der Waals surface area contributed by atoms with Crippen LogP contribution in [-0.2, 0) is 6.54 Å². The third-order valence-corrected chi connectivity index (χ3v) is 3.48. The van der Waals surface area contributed by atoms with Crippen LogP contribution in [0.1, 0.15) is 5.56 Å². The Kier molecular flexibility index (Phi) is 3.47. The number of aromatic nitrogens is 1. The van der Waals surface area contributed by atoms with Crippen molar-refractivity contribution in [3.05, 3.63) is 70.8 Å². The lowest BCUT2D eigenvalue weighted by molar-refractivity contribution is 1.11. The predicted octanol–water partition coefficient (Wildman–Crippen LogP) is 4.61. The fourth-order valence-corrected chi connectivity index (χ4v) is 2.26. The summed E-state index contributed by atoms with van der Waals surface area (Å²) in [5.41, 5.74) is 1.25. The Bertz CT molecular complexity index is 692. The first-order chi connectivity index (χ1) is 9.31. The minimum absolute atomic E-state index is 0.777. The van der Waals surface area contributed by atoms with Crippen LogP contribution in [0, 0.1) is 0 Å². The average Bonchev–Trinajstić information content (AvgIpc) is 2.46. The van der Waals surface area contributed by atoms with Crippen LogP contribution in [0.4, 0.5) is 5.82 Å². The van der Waals surface area contributed by atoms with Crippen LogP contribution in [0.2, 0.25) is 0 Å². The average molecular weight is 313 g/mol. The van der Waals surface area contributed by atoms with Crippen molar-refractivity contribution in [1.82, 2.24) is 4.98 Å². The van der Waals surface area contributed by atoms with Gasteiger partial charge in [-0.25, -0.2) is 4.98 Å². The van der Waals surface area contributed by atoms with E-state index in [9.17, 15) is 0 Å². The second kappa shape index (κ2) is 5.41. The lowest BCUT2D eigenvalue weighted by Gasteiger charge is -2.07. The van der Waals surface area contributed by atoms with Crippen LogP contribution in [0.25, 0.3) is 10.8 Å². The molecule has 0 amide bonds. The lowest BCUT2D eigenvalue weighted by atomic mass is 10.1. The molecule has 0 aliphatic heterocycles. The number of hydrogen-bond acceptors (Lipinski definition) is 2. The molecule has 1 N–H and O–H groups in total. The second-order valence-electron chi connectivity index (χ2n) is 4.40. The van der Waals surface area contributed by atoms with Crippen molar-refractivity contribution < 1.29 is 0 Å². The molecule has 0 aliphatic rings. The van der Waals surface area contributed by atoms with Crippen LogP contribution in [0.15, 0.2) is 65.3 Å². The molecule has 0 radical (unpaired) electrons. The van der Waals surface area contributed by atoms with E-state index in [4.69, 9.17) is 0 Å². The molecule has 1 heterocycles. The highest BCUT2D eigenvalue weighted by Crippen LogP contribution is 2.17. The Hall–Kier alpha value is -1.87. The van der Waals surface area contributed by atoms with Gasteiger partial charge in [0.15, 0.2) is 0 Å². The van der Waals surface area contributed by atoms with Gasteiger partial charge in [-0.3, -0.25) is 0 Å². The van der Waals surface area contributed by atoms with Crippen molar-refractivity contribution in [2.24, 2.45) is 0 Å². The van der Waals surface area contributed by atoms with Gasteiger partial charge in [0.2, 0.25) is 0 Å². The van der Waals surface area contributed by atoms with Crippen LogP contribution in [0.3, 0.4) is 0 Å². The second-order valence-corrected chi connectivity index (χ2v) is 5.31. The topological polar surface area (TPSA) is 24.9 Å². The summed E-state index contributed by atoms with van der Waals surface area (Å²) in [6, 6.07) is 18.8. The Balaban J connectivity index is 1.76. The van der Waals surface area contributed by atoms with E-state index >= 15 is 0 Å². The van der Waals surface area contributed by atoms with Crippen LogP contribution < -0.4 is 5.32 Å². The van der Waals surface area contributed by atoms with Gasteiger partial charge in [-0.1, -0.05) is 36.4 Å². The van der Waals surface area contributed by atoms with Gasteiger partial charge < -0.3 is 5.32 Å². The third kappa shape index (κ3) is 2.93. The Morgan fingerprint density at radius 2 is 1.79 bits per heavy atom. The van der Waals surface area contributed by atoms with Crippen molar-refractivity contribution in [2.75, 3.05) is 5.32 Å². The number of nitrogens with one attached hydrogen (secondary N) is 1. The summed E-state index contributed by atoms with van der Waals surface area (Å²) in [6.07, 6.45) is 1.79. The molecule has 0 fully saturated rings. The van der Waals surface area contributed by atoms with Gasteiger partial charge in [0.1, 0.15) is 5.82 Å². The number of fused-ring (bicyclic) bond motifs is 1. The number of pyridine rings is 1. The molecule has 0 spiro atoms. The lowest BCUT2D eigenvalue weighted by Crippen LogP contribution is -2.00. The van der Waals surface area contributed by atoms with Gasteiger partial charge in [0.25, 0.3) is 0 Å². The van der Waals surface area contributed by atoms with E-state index in [0.717, 1.165) is 16.8 Å². The standard InChI is InChI=1S/C16H13BrN2/c17-15-7-8-16(19-11-15)18-10-12-5-6-13-3-1-2-4-14(13)9-12/h1-9,11H,10H2,(H,18,19). The summed E-state index contributed by atoms with van der Waals surface area (Å²) < 4.78 is 0.990. The fourth-order valence-electron chi connectivity index (χ4n) is 2.02. The number of nitrogens with zero attached hydrogens (tertiary/aromatic N) is 1. The summed E-state index contributed by atoms with van der Waals surface area (Å²) >= 11 is 3.38. The van der Waals surface area contributed by atoms with Crippen molar-refractivity contribution in [2.45, 2.75) is 6.54 Å². The smallest absolute Gasteiger partial charge is 0.126 e. The van der Waals surface area contributed by atoms with Crippen LogP contribution in [0.5, 0.6) is 0 Å². The van der Waals surface area contributed by atoms with Crippen molar-refractivity contribution in [3.8, 4) is 0 Å². The number of rotatable bonds is 3. The van der Waals surface area contributed by atoms with E-state index in [1.807, 2.05) is 12.1 Å². The molecule has 0 saturated carbocycles. The molecule has 0 saturated heterocycles. The molecule has 3 heteroatoms. The summed E-state index contributed by atoms with van der Waals surface area (Å²) in [7, 11) is 0. The fraction of sp³-hybridized carbons (Fsp3) is 0.0625. The molecule has 3 rings (SSSR count). The molecule has 94 valence electrons. The van der Waals surface area contributed by atoms with E-state index in [1.54, 1.807) is 6.20 Å². The zero-order valence-electron chi connectivity index (χ0n) is 10.3. The van der Waals surface area contributed by atoms with E-state index in [2.05, 4.69) is 68.7 Å². The normalized spacial score (nSPS) is 10.6. The first-order valence-corrected chi connectivity index (χ1v) is 6.94. The molecule has 0 unspecified atom stereocenters. The molecule has 2 nitrogen and oxygen atoms in total. The van der Waals surface area contributed by atoms with Crippen molar-refractivity contribution >= 4 is 32.5 Å². The summed E-state index contributed by atoms with van der Waals surface area (Å²) in [4.78, 5) is 4.30. The molecular weight excluding hydrogens is 300 g/mol. The Morgan fingerprint density at radius 3 is 2.58 bits per heavy atom.